The molecule has 2 aromatic rings. The molecule has 2 heterocycles. The van der Waals surface area contributed by atoms with Crippen molar-refractivity contribution in [1.82, 2.24) is 0 Å². The van der Waals surface area contributed by atoms with E-state index in [0.717, 1.165) is 24.9 Å². The number of hydrogen-bond donors (Lipinski definition) is 1. The van der Waals surface area contributed by atoms with Crippen LogP contribution in [0.4, 0.5) is 11.4 Å². The second kappa shape index (κ2) is 7.70. The van der Waals surface area contributed by atoms with Gasteiger partial charge in [0.2, 0.25) is 0 Å². The van der Waals surface area contributed by atoms with E-state index in [1.54, 1.807) is 24.0 Å². The zero-order valence-electron chi connectivity index (χ0n) is 14.5. The summed E-state index contributed by atoms with van der Waals surface area (Å²) in [6.45, 7) is 4.57. The van der Waals surface area contributed by atoms with E-state index in [9.17, 15) is 9.59 Å². The van der Waals surface area contributed by atoms with Crippen LogP contribution in [0.1, 0.15) is 42.8 Å². The number of benzene rings is 1. The molecule has 1 aromatic heterocycles. The predicted octanol–water partition coefficient (Wildman–Crippen LogP) is 4.30. The minimum absolute atomic E-state index is 0.0367. The molecule has 1 aromatic carbocycles. The van der Waals surface area contributed by atoms with Crippen LogP contribution in [0, 0.1) is 0 Å². The van der Waals surface area contributed by atoms with E-state index in [1.807, 2.05) is 23.6 Å². The van der Waals surface area contributed by atoms with Gasteiger partial charge in [0.15, 0.2) is 6.10 Å². The quantitative estimate of drug-likeness (QED) is 0.783. The van der Waals surface area contributed by atoms with Crippen LogP contribution in [0.2, 0.25) is 0 Å². The largest absolute Gasteiger partial charge is 0.479 e. The molecule has 0 fully saturated rings. The molecule has 1 aliphatic heterocycles. The van der Waals surface area contributed by atoms with Gasteiger partial charge < -0.3 is 15.0 Å². The fourth-order valence-corrected chi connectivity index (χ4v) is 3.45. The molecule has 2 amide bonds. The molecule has 1 aliphatic rings. The maximum absolute atomic E-state index is 12.5. The Bertz CT molecular complexity index is 758. The summed E-state index contributed by atoms with van der Waals surface area (Å²) >= 11 is 1.39. The van der Waals surface area contributed by atoms with Crippen molar-refractivity contribution in [2.24, 2.45) is 0 Å². The molecule has 1 unspecified atom stereocenters. The zero-order valence-corrected chi connectivity index (χ0v) is 15.3. The van der Waals surface area contributed by atoms with Gasteiger partial charge in [0.25, 0.3) is 11.8 Å². The molecule has 0 bridgehead atoms. The number of anilines is 2. The summed E-state index contributed by atoms with van der Waals surface area (Å²) < 4.78 is 5.71. The summed E-state index contributed by atoms with van der Waals surface area (Å²) in [5.41, 5.74) is 1.38. The summed E-state index contributed by atoms with van der Waals surface area (Å²) in [5.74, 6) is 0.493. The molecule has 132 valence electrons. The number of hydrogen-bond acceptors (Lipinski definition) is 4. The van der Waals surface area contributed by atoms with Crippen LogP contribution in [0.25, 0.3) is 0 Å². The Balaban J connectivity index is 1.83. The molecule has 6 heteroatoms. The maximum atomic E-state index is 12.5. The fourth-order valence-electron chi connectivity index (χ4n) is 2.84. The number of nitrogens with one attached hydrogen (secondary N) is 1. The van der Waals surface area contributed by atoms with Crippen molar-refractivity contribution in [2.75, 3.05) is 16.8 Å². The van der Waals surface area contributed by atoms with Crippen LogP contribution in [0.15, 0.2) is 35.7 Å². The molecule has 0 aliphatic carbocycles. The van der Waals surface area contributed by atoms with Crippen LogP contribution >= 0.6 is 11.3 Å². The molecule has 0 spiro atoms. The van der Waals surface area contributed by atoms with Gasteiger partial charge in [-0.1, -0.05) is 25.8 Å². The van der Waals surface area contributed by atoms with Crippen LogP contribution in [0.5, 0.6) is 5.75 Å². The van der Waals surface area contributed by atoms with E-state index in [0.29, 0.717) is 22.9 Å². The first kappa shape index (κ1) is 17.5. The van der Waals surface area contributed by atoms with Crippen LogP contribution in [-0.4, -0.2) is 24.5 Å². The van der Waals surface area contributed by atoms with Gasteiger partial charge in [0, 0.05) is 12.2 Å². The van der Waals surface area contributed by atoms with Gasteiger partial charge in [-0.15, -0.1) is 11.3 Å². The molecule has 1 atom stereocenters. The summed E-state index contributed by atoms with van der Waals surface area (Å²) in [6.07, 6.45) is 2.63. The fraction of sp³-hybridized carbons (Fsp3) is 0.368. The number of nitrogens with zero attached hydrogens (tertiary/aromatic N) is 1. The highest BCUT2D eigenvalue weighted by Gasteiger charge is 2.31. The highest BCUT2D eigenvalue weighted by Crippen LogP contribution is 2.36. The minimum atomic E-state index is -0.485. The average molecular weight is 358 g/mol. The minimum Gasteiger partial charge on any atom is -0.479 e. The third-order valence-corrected chi connectivity index (χ3v) is 5.02. The van der Waals surface area contributed by atoms with Gasteiger partial charge in [-0.05, 0) is 43.0 Å². The molecule has 3 rings (SSSR count). The highest BCUT2D eigenvalue weighted by atomic mass is 32.1. The number of fused-ring (bicyclic) bond motifs is 1. The topological polar surface area (TPSA) is 58.6 Å². The number of rotatable bonds is 6. The maximum Gasteiger partial charge on any atom is 0.267 e. The lowest BCUT2D eigenvalue weighted by Crippen LogP contribution is -2.44. The van der Waals surface area contributed by atoms with Gasteiger partial charge in [0.05, 0.1) is 10.6 Å². The van der Waals surface area contributed by atoms with Crippen LogP contribution < -0.4 is 15.0 Å². The second-order valence-corrected chi connectivity index (χ2v) is 7.02. The smallest absolute Gasteiger partial charge is 0.267 e. The summed E-state index contributed by atoms with van der Waals surface area (Å²) in [5, 5.41) is 4.75. The first-order valence-corrected chi connectivity index (χ1v) is 9.45. The van der Waals surface area contributed by atoms with Gasteiger partial charge in [0.1, 0.15) is 5.75 Å². The normalized spacial score (nSPS) is 16.3. The Hall–Kier alpha value is -2.34. The Morgan fingerprint density at radius 2 is 2.16 bits per heavy atom. The molecule has 5 nitrogen and oxygen atoms in total. The first-order chi connectivity index (χ1) is 12.1. The Morgan fingerprint density at radius 1 is 1.32 bits per heavy atom. The third kappa shape index (κ3) is 3.85. The molecule has 0 saturated carbocycles. The average Bonchev–Trinajstić information content (AvgIpc) is 3.13. The number of carbonyl (C=O) groups is 2. The number of unbranched alkanes of at least 4 members (excludes halogenated alkanes) is 2. The first-order valence-electron chi connectivity index (χ1n) is 8.57. The van der Waals surface area contributed by atoms with Crippen LogP contribution in [0.3, 0.4) is 0 Å². The Kier molecular flexibility index (Phi) is 5.38. The molecular formula is C19H22N2O3S. The lowest BCUT2D eigenvalue weighted by molar-refractivity contribution is -0.125. The van der Waals surface area contributed by atoms with E-state index in [1.165, 1.54) is 11.3 Å². The standard InChI is InChI=1S/C19H22N2O3S/c1-3-4-5-10-21-15-12-14(20-18(22)17-7-6-11-25-17)8-9-16(15)24-13(2)19(21)23/h6-9,11-13H,3-5,10H2,1-2H3,(H,20,22). The number of thiophene rings is 1. The SMILES string of the molecule is CCCCCN1C(=O)C(C)Oc2ccc(NC(=O)c3cccs3)cc21. The van der Waals surface area contributed by atoms with E-state index < -0.39 is 6.10 Å². The van der Waals surface area contributed by atoms with Gasteiger partial charge >= 0.3 is 0 Å². The third-order valence-electron chi connectivity index (χ3n) is 4.16. The highest BCUT2D eigenvalue weighted by molar-refractivity contribution is 7.12. The van der Waals surface area contributed by atoms with Crippen molar-refractivity contribution in [3.05, 3.63) is 40.6 Å². The lowest BCUT2D eigenvalue weighted by atomic mass is 10.1. The summed E-state index contributed by atoms with van der Waals surface area (Å²) in [6, 6.07) is 9.06. The monoisotopic (exact) mass is 358 g/mol. The molecule has 1 N–H and O–H groups in total. The van der Waals surface area contributed by atoms with Crippen molar-refractivity contribution >= 4 is 34.5 Å². The summed E-state index contributed by atoms with van der Waals surface area (Å²) in [7, 11) is 0. The second-order valence-electron chi connectivity index (χ2n) is 6.07. The molecular weight excluding hydrogens is 336 g/mol. The van der Waals surface area contributed by atoms with Crippen molar-refractivity contribution < 1.29 is 14.3 Å². The van der Waals surface area contributed by atoms with E-state index >= 15 is 0 Å². The number of carbonyl (C=O) groups excluding carboxylic acids is 2. The number of amides is 2. The van der Waals surface area contributed by atoms with E-state index in [2.05, 4.69) is 12.2 Å². The lowest BCUT2D eigenvalue weighted by Gasteiger charge is -2.33. The molecule has 0 radical (unpaired) electrons. The van der Waals surface area contributed by atoms with Gasteiger partial charge in [-0.3, -0.25) is 9.59 Å². The zero-order chi connectivity index (χ0) is 17.8. The van der Waals surface area contributed by atoms with Crippen LogP contribution in [-0.2, 0) is 4.79 Å². The van der Waals surface area contributed by atoms with Crippen molar-refractivity contribution in [3.8, 4) is 5.75 Å². The van der Waals surface area contributed by atoms with E-state index in [-0.39, 0.29) is 11.8 Å². The summed E-state index contributed by atoms with van der Waals surface area (Å²) in [4.78, 5) is 27.2. The van der Waals surface area contributed by atoms with Crippen molar-refractivity contribution in [1.29, 1.82) is 0 Å². The van der Waals surface area contributed by atoms with Crippen molar-refractivity contribution in [3.63, 3.8) is 0 Å². The molecule has 0 saturated heterocycles. The Morgan fingerprint density at radius 3 is 2.88 bits per heavy atom. The molecule has 25 heavy (non-hydrogen) atoms. The van der Waals surface area contributed by atoms with Gasteiger partial charge in [-0.2, -0.15) is 0 Å². The van der Waals surface area contributed by atoms with E-state index in [4.69, 9.17) is 4.74 Å². The number of ether oxygens (including phenoxy) is 1. The predicted molar refractivity (Wildman–Crippen MR) is 101 cm³/mol. The van der Waals surface area contributed by atoms with Crippen molar-refractivity contribution in [2.45, 2.75) is 39.2 Å². The Labute approximate surface area is 151 Å². The van der Waals surface area contributed by atoms with Gasteiger partial charge in [-0.25, -0.2) is 0 Å².